The van der Waals surface area contributed by atoms with Gasteiger partial charge in [0.15, 0.2) is 22.3 Å². The van der Waals surface area contributed by atoms with Crippen molar-refractivity contribution in [2.75, 3.05) is 66.8 Å². The van der Waals surface area contributed by atoms with E-state index in [-0.39, 0.29) is 11.8 Å². The standard InChI is InChI=1S/C26H29N5O6S/c1-34-18-13-16-3-4-31-22(17(16)14-19(18)35-2)21(28-23(31)25(32)29-5-9-36-10-6-29)20-15-27-24(38-20)26(33)30-7-11-37-12-8-30/h13-15H,3-12H2,1-2H3. The lowest BCUT2D eigenvalue weighted by Gasteiger charge is -2.27. The van der Waals surface area contributed by atoms with Crippen molar-refractivity contribution in [3.63, 3.8) is 0 Å². The van der Waals surface area contributed by atoms with Crippen molar-refractivity contribution < 1.29 is 28.5 Å². The van der Waals surface area contributed by atoms with Crippen molar-refractivity contribution in [1.29, 1.82) is 0 Å². The Kier molecular flexibility index (Phi) is 6.76. The van der Waals surface area contributed by atoms with E-state index in [1.807, 2.05) is 16.7 Å². The first-order valence-corrected chi connectivity index (χ1v) is 13.5. The van der Waals surface area contributed by atoms with Crippen LogP contribution in [0.3, 0.4) is 0 Å². The largest absolute Gasteiger partial charge is 0.493 e. The lowest BCUT2D eigenvalue weighted by Crippen LogP contribution is -2.42. The van der Waals surface area contributed by atoms with Crippen LogP contribution in [0.5, 0.6) is 11.5 Å². The first kappa shape index (κ1) is 24.8. The highest BCUT2D eigenvalue weighted by Gasteiger charge is 2.33. The molecule has 0 radical (unpaired) electrons. The summed E-state index contributed by atoms with van der Waals surface area (Å²) in [5.74, 6) is 1.39. The maximum Gasteiger partial charge on any atom is 0.290 e. The minimum Gasteiger partial charge on any atom is -0.493 e. The number of aromatic nitrogens is 3. The highest BCUT2D eigenvalue weighted by molar-refractivity contribution is 7.17. The number of amides is 2. The maximum atomic E-state index is 13.6. The predicted molar refractivity (Wildman–Crippen MR) is 139 cm³/mol. The highest BCUT2D eigenvalue weighted by atomic mass is 32.1. The minimum absolute atomic E-state index is 0.117. The molecule has 0 bridgehead atoms. The van der Waals surface area contributed by atoms with E-state index >= 15 is 0 Å². The number of thiazole rings is 1. The smallest absolute Gasteiger partial charge is 0.290 e. The summed E-state index contributed by atoms with van der Waals surface area (Å²) in [5.41, 5.74) is 3.45. The second-order valence-corrected chi connectivity index (χ2v) is 10.3. The topological polar surface area (TPSA) is 108 Å². The van der Waals surface area contributed by atoms with Gasteiger partial charge in [-0.15, -0.1) is 11.3 Å². The Labute approximate surface area is 223 Å². The lowest BCUT2D eigenvalue weighted by molar-refractivity contribution is 0.0291. The van der Waals surface area contributed by atoms with Gasteiger partial charge in [0, 0.05) is 44.5 Å². The summed E-state index contributed by atoms with van der Waals surface area (Å²) in [5, 5.41) is 0.396. The lowest BCUT2D eigenvalue weighted by atomic mass is 9.96. The van der Waals surface area contributed by atoms with E-state index in [0.29, 0.717) is 93.6 Å². The average molecular weight is 540 g/mol. The van der Waals surface area contributed by atoms with Crippen molar-refractivity contribution in [3.8, 4) is 33.3 Å². The summed E-state index contributed by atoms with van der Waals surface area (Å²) in [4.78, 5) is 40.4. The van der Waals surface area contributed by atoms with Gasteiger partial charge in [-0.1, -0.05) is 0 Å². The van der Waals surface area contributed by atoms with Crippen LogP contribution in [-0.4, -0.2) is 103 Å². The third-order valence-electron chi connectivity index (χ3n) is 7.15. The zero-order valence-corrected chi connectivity index (χ0v) is 22.2. The van der Waals surface area contributed by atoms with Crippen LogP contribution in [-0.2, 0) is 22.4 Å². The maximum absolute atomic E-state index is 13.6. The molecule has 11 nitrogen and oxygen atoms in total. The third-order valence-corrected chi connectivity index (χ3v) is 8.14. The molecule has 3 aliphatic heterocycles. The molecule has 2 amide bonds. The molecule has 3 aliphatic rings. The molecule has 0 aliphatic carbocycles. The molecule has 12 heteroatoms. The van der Waals surface area contributed by atoms with E-state index in [4.69, 9.17) is 23.9 Å². The van der Waals surface area contributed by atoms with E-state index < -0.39 is 0 Å². The van der Waals surface area contributed by atoms with E-state index in [0.717, 1.165) is 21.7 Å². The Hall–Kier alpha value is -3.48. The van der Waals surface area contributed by atoms with Crippen LogP contribution in [0.1, 0.15) is 26.0 Å². The molecular formula is C26H29N5O6S. The number of nitrogens with zero attached hydrogens (tertiary/aromatic N) is 5. The molecule has 200 valence electrons. The van der Waals surface area contributed by atoms with Gasteiger partial charge in [-0.2, -0.15) is 0 Å². The molecule has 38 heavy (non-hydrogen) atoms. The Balaban J connectivity index is 1.46. The molecular weight excluding hydrogens is 510 g/mol. The predicted octanol–water partition coefficient (Wildman–Crippen LogP) is 2.19. The fraction of sp³-hybridized carbons (Fsp3) is 0.462. The van der Waals surface area contributed by atoms with Crippen LogP contribution in [0.4, 0.5) is 0 Å². The Morgan fingerprint density at radius 2 is 1.53 bits per heavy atom. The molecule has 5 heterocycles. The number of fused-ring (bicyclic) bond motifs is 3. The SMILES string of the molecule is COc1cc2c(cc1OC)-c1c(-c3cnc(C(=O)N4CCOCC4)s3)nc(C(=O)N3CCOCC3)n1CC2. The molecule has 2 aromatic heterocycles. The molecule has 0 N–H and O–H groups in total. The Morgan fingerprint density at radius 1 is 0.895 bits per heavy atom. The van der Waals surface area contributed by atoms with E-state index in [1.54, 1.807) is 30.2 Å². The van der Waals surface area contributed by atoms with Crippen LogP contribution in [0, 0.1) is 0 Å². The first-order chi connectivity index (χ1) is 18.6. The number of carbonyl (C=O) groups is 2. The summed E-state index contributed by atoms with van der Waals surface area (Å²) >= 11 is 1.29. The number of morpholine rings is 2. The van der Waals surface area contributed by atoms with Crippen LogP contribution in [0.15, 0.2) is 18.3 Å². The van der Waals surface area contributed by atoms with Gasteiger partial charge in [0.05, 0.1) is 51.2 Å². The van der Waals surface area contributed by atoms with Crippen LogP contribution in [0.2, 0.25) is 0 Å². The van der Waals surface area contributed by atoms with Gasteiger partial charge in [0.25, 0.3) is 11.8 Å². The molecule has 2 saturated heterocycles. The molecule has 2 fully saturated rings. The van der Waals surface area contributed by atoms with Crippen molar-refractivity contribution >= 4 is 23.2 Å². The number of ether oxygens (including phenoxy) is 4. The second-order valence-electron chi connectivity index (χ2n) is 9.24. The molecule has 3 aromatic rings. The fourth-order valence-electron chi connectivity index (χ4n) is 5.15. The van der Waals surface area contributed by atoms with Crippen molar-refractivity contribution in [2.24, 2.45) is 0 Å². The van der Waals surface area contributed by atoms with Gasteiger partial charge in [0.1, 0.15) is 5.69 Å². The third kappa shape index (κ3) is 4.32. The average Bonchev–Trinajstić information content (AvgIpc) is 3.62. The summed E-state index contributed by atoms with van der Waals surface area (Å²) < 4.78 is 24.0. The number of hydrogen-bond donors (Lipinski definition) is 0. The molecule has 0 saturated carbocycles. The molecule has 1 aromatic carbocycles. The monoisotopic (exact) mass is 539 g/mol. The molecule has 0 spiro atoms. The molecule has 0 atom stereocenters. The molecule has 0 unspecified atom stereocenters. The van der Waals surface area contributed by atoms with Gasteiger partial charge in [0.2, 0.25) is 0 Å². The highest BCUT2D eigenvalue weighted by Crippen LogP contribution is 2.44. The number of carbonyl (C=O) groups excluding carboxylic acids is 2. The fourth-order valence-corrected chi connectivity index (χ4v) is 6.03. The Bertz CT molecular complexity index is 1370. The van der Waals surface area contributed by atoms with Crippen LogP contribution >= 0.6 is 11.3 Å². The number of aryl methyl sites for hydroxylation is 1. The van der Waals surface area contributed by atoms with E-state index in [2.05, 4.69) is 4.98 Å². The number of imidazole rings is 1. The number of rotatable bonds is 5. The van der Waals surface area contributed by atoms with Gasteiger partial charge >= 0.3 is 0 Å². The van der Waals surface area contributed by atoms with Crippen molar-refractivity contribution in [3.05, 3.63) is 34.7 Å². The van der Waals surface area contributed by atoms with Gasteiger partial charge in [-0.3, -0.25) is 9.59 Å². The minimum atomic E-state index is -0.126. The second kappa shape index (κ2) is 10.4. The first-order valence-electron chi connectivity index (χ1n) is 12.6. The van der Waals surface area contributed by atoms with E-state index in [9.17, 15) is 9.59 Å². The van der Waals surface area contributed by atoms with E-state index in [1.165, 1.54) is 11.3 Å². The molecule has 6 rings (SSSR count). The number of hydrogen-bond acceptors (Lipinski definition) is 9. The van der Waals surface area contributed by atoms with Crippen molar-refractivity contribution in [1.82, 2.24) is 24.3 Å². The summed E-state index contributed by atoms with van der Waals surface area (Å²) in [7, 11) is 3.22. The summed E-state index contributed by atoms with van der Waals surface area (Å²) in [6.45, 7) is 4.78. The summed E-state index contributed by atoms with van der Waals surface area (Å²) in [6.07, 6.45) is 2.39. The van der Waals surface area contributed by atoms with Gasteiger partial charge < -0.3 is 33.3 Å². The van der Waals surface area contributed by atoms with Gasteiger partial charge in [-0.25, -0.2) is 9.97 Å². The van der Waals surface area contributed by atoms with Crippen LogP contribution < -0.4 is 9.47 Å². The van der Waals surface area contributed by atoms with Crippen molar-refractivity contribution in [2.45, 2.75) is 13.0 Å². The zero-order chi connectivity index (χ0) is 26.2. The number of methoxy groups -OCH3 is 2. The summed E-state index contributed by atoms with van der Waals surface area (Å²) in [6, 6.07) is 3.92. The van der Waals surface area contributed by atoms with Gasteiger partial charge in [-0.05, 0) is 24.1 Å². The number of benzene rings is 1. The normalized spacial score (nSPS) is 17.1. The Morgan fingerprint density at radius 3 is 2.18 bits per heavy atom. The quantitative estimate of drug-likeness (QED) is 0.486. The van der Waals surface area contributed by atoms with Crippen LogP contribution in [0.25, 0.3) is 21.8 Å². The zero-order valence-electron chi connectivity index (χ0n) is 21.4.